The van der Waals surface area contributed by atoms with E-state index in [1.807, 2.05) is 17.0 Å². The summed E-state index contributed by atoms with van der Waals surface area (Å²) >= 11 is 0. The van der Waals surface area contributed by atoms with Gasteiger partial charge in [-0.25, -0.2) is 13.9 Å². The molecule has 3 aliphatic heterocycles. The summed E-state index contributed by atoms with van der Waals surface area (Å²) in [4.78, 5) is 74.2. The number of hydrogen-bond donors (Lipinski definition) is 2. The maximum absolute atomic E-state index is 15.1. The third-order valence-corrected chi connectivity index (χ3v) is 13.8. The highest BCUT2D eigenvalue weighted by atomic mass is 19.1. The summed E-state index contributed by atoms with van der Waals surface area (Å²) < 4.78 is 30.0. The van der Waals surface area contributed by atoms with Crippen LogP contribution in [0, 0.1) is 29.9 Å². The second-order valence-electron chi connectivity index (χ2n) is 17.6. The Balaban J connectivity index is 0.804. The van der Waals surface area contributed by atoms with Crippen LogP contribution in [0.3, 0.4) is 0 Å². The zero-order valence-corrected chi connectivity index (χ0v) is 34.9. The van der Waals surface area contributed by atoms with Crippen molar-refractivity contribution < 1.29 is 28.0 Å². The van der Waals surface area contributed by atoms with Gasteiger partial charge >= 0.3 is 0 Å². The number of likely N-dealkylation sites (tertiary alicyclic amines) is 2. The highest BCUT2D eigenvalue weighted by Crippen LogP contribution is 2.42. The second kappa shape index (κ2) is 18.2. The molecule has 0 unspecified atom stereocenters. The van der Waals surface area contributed by atoms with E-state index in [0.717, 1.165) is 70.9 Å². The van der Waals surface area contributed by atoms with Gasteiger partial charge in [-0.1, -0.05) is 55.7 Å². The van der Waals surface area contributed by atoms with E-state index in [-0.39, 0.29) is 39.8 Å². The van der Waals surface area contributed by atoms with Gasteiger partial charge in [0.05, 0.1) is 28.8 Å². The number of aryl methyl sites for hydroxylation is 1. The summed E-state index contributed by atoms with van der Waals surface area (Å²) in [5, 5.41) is 10.9. The van der Waals surface area contributed by atoms with Crippen LogP contribution in [-0.4, -0.2) is 118 Å². The molecule has 2 N–H and O–H groups in total. The molecular weight excluding hydrogens is 781 g/mol. The van der Waals surface area contributed by atoms with Crippen molar-refractivity contribution in [2.24, 2.45) is 11.3 Å². The lowest BCUT2D eigenvalue weighted by Crippen LogP contribution is -2.56. The van der Waals surface area contributed by atoms with Crippen molar-refractivity contribution in [3.8, 4) is 0 Å². The number of H-pyrrole nitrogens is 1. The van der Waals surface area contributed by atoms with Crippen LogP contribution in [0.4, 0.5) is 8.78 Å². The maximum Gasteiger partial charge on any atom is 0.272 e. The van der Waals surface area contributed by atoms with E-state index >= 15 is 4.39 Å². The fourth-order valence-corrected chi connectivity index (χ4v) is 9.94. The van der Waals surface area contributed by atoms with Gasteiger partial charge in [-0.15, -0.1) is 0 Å². The van der Waals surface area contributed by atoms with Crippen LogP contribution in [-0.2, 0) is 16.0 Å². The Morgan fingerprint density at radius 2 is 1.46 bits per heavy atom. The van der Waals surface area contributed by atoms with Crippen molar-refractivity contribution in [3.63, 3.8) is 0 Å². The van der Waals surface area contributed by atoms with E-state index in [1.165, 1.54) is 12.1 Å². The first-order valence-corrected chi connectivity index (χ1v) is 21.9. The monoisotopic (exact) mass is 835 g/mol. The molecule has 3 aromatic carbocycles. The highest BCUT2D eigenvalue weighted by molar-refractivity contribution is 5.98. The molecule has 4 aliphatic rings. The van der Waals surface area contributed by atoms with Gasteiger partial charge in [0, 0.05) is 51.1 Å². The lowest BCUT2D eigenvalue weighted by molar-refractivity contribution is -0.139. The first-order chi connectivity index (χ1) is 29.5. The number of halogens is 2. The molecule has 4 fully saturated rings. The summed E-state index contributed by atoms with van der Waals surface area (Å²) in [6.45, 7) is 6.02. The molecule has 14 heteroatoms. The number of piperazine rings is 1. The summed E-state index contributed by atoms with van der Waals surface area (Å²) in [5.74, 6) is -2.16. The van der Waals surface area contributed by atoms with Crippen LogP contribution in [0.2, 0.25) is 0 Å². The number of benzene rings is 3. The minimum Gasteiger partial charge on any atom is -0.341 e. The van der Waals surface area contributed by atoms with E-state index in [1.54, 1.807) is 53.1 Å². The molecule has 0 bridgehead atoms. The Hall–Kier alpha value is -5.50. The summed E-state index contributed by atoms with van der Waals surface area (Å²) in [5.41, 5.74) is 1.44. The maximum atomic E-state index is 15.1. The Morgan fingerprint density at radius 3 is 2.18 bits per heavy atom. The van der Waals surface area contributed by atoms with Crippen molar-refractivity contribution in [2.45, 2.75) is 77.2 Å². The molecule has 0 radical (unpaired) electrons. The molecule has 4 heterocycles. The van der Waals surface area contributed by atoms with Gasteiger partial charge in [-0.3, -0.25) is 28.9 Å². The smallest absolute Gasteiger partial charge is 0.272 e. The standard InChI is InChI=1S/C47H55F2N7O5/c1-31-8-7-13-36(41(31)49)43(58)50-42(33-9-3-2-4-10-33)46(61)55-22-18-47(19-23-55)16-20-53(21-17-47)30-40(57)54-24-26-56(27-25-54)45(60)37-28-32(14-15-38(37)48)29-39-34-11-5-6-12-35(34)44(59)52-51-39/h5-8,11-15,28,33,42H,2-4,9-10,16-27,29-30H2,1H3,(H,50,58)(H,52,59)/t42-/m1/s1. The summed E-state index contributed by atoms with van der Waals surface area (Å²) in [6, 6.07) is 15.7. The molecule has 1 atom stereocenters. The minimum absolute atomic E-state index is 0.0126. The second-order valence-corrected chi connectivity index (χ2v) is 17.6. The molecule has 12 nitrogen and oxygen atoms in total. The molecule has 4 aromatic rings. The summed E-state index contributed by atoms with van der Waals surface area (Å²) in [7, 11) is 0. The van der Waals surface area contributed by atoms with Crippen molar-refractivity contribution in [3.05, 3.63) is 111 Å². The van der Waals surface area contributed by atoms with Crippen LogP contribution in [0.5, 0.6) is 0 Å². The first-order valence-electron chi connectivity index (χ1n) is 21.9. The lowest BCUT2D eigenvalue weighted by Gasteiger charge is -2.47. The average molecular weight is 836 g/mol. The van der Waals surface area contributed by atoms with Crippen molar-refractivity contribution >= 4 is 34.4 Å². The molecular formula is C47H55F2N7O5. The fraction of sp³-hybridized carbons (Fsp3) is 0.489. The predicted molar refractivity (Wildman–Crippen MR) is 227 cm³/mol. The molecule has 1 saturated carbocycles. The first kappa shape index (κ1) is 42.2. The number of hydrogen-bond acceptors (Lipinski definition) is 7. The molecule has 1 spiro atoms. The van der Waals surface area contributed by atoms with Gasteiger partial charge in [-0.2, -0.15) is 5.10 Å². The number of piperidine rings is 2. The SMILES string of the molecule is Cc1cccc(C(=O)N[C@@H](C(=O)N2CCC3(CCN(CC(=O)N4CCN(C(=O)c5cc(Cc6n[nH]c(=O)c7ccccc67)ccc5F)CC4)CC3)CC2)C2CCCCC2)c1F. The normalized spacial score (nSPS) is 19.2. The zero-order chi connectivity index (χ0) is 42.7. The van der Waals surface area contributed by atoms with E-state index in [0.29, 0.717) is 79.8 Å². The molecule has 3 saturated heterocycles. The summed E-state index contributed by atoms with van der Waals surface area (Å²) in [6.07, 6.45) is 8.74. The van der Waals surface area contributed by atoms with Crippen molar-refractivity contribution in [1.82, 2.24) is 35.1 Å². The topological polar surface area (TPSA) is 139 Å². The molecule has 61 heavy (non-hydrogen) atoms. The lowest BCUT2D eigenvalue weighted by atomic mass is 9.71. The van der Waals surface area contributed by atoms with Crippen molar-refractivity contribution in [1.29, 1.82) is 0 Å². The van der Waals surface area contributed by atoms with Crippen LogP contribution >= 0.6 is 0 Å². The van der Waals surface area contributed by atoms with Crippen LogP contribution in [0.15, 0.2) is 65.5 Å². The average Bonchev–Trinajstić information content (AvgIpc) is 3.29. The Morgan fingerprint density at radius 1 is 0.787 bits per heavy atom. The largest absolute Gasteiger partial charge is 0.341 e. The van der Waals surface area contributed by atoms with Crippen LogP contribution in [0.25, 0.3) is 10.8 Å². The van der Waals surface area contributed by atoms with E-state index in [9.17, 15) is 28.4 Å². The van der Waals surface area contributed by atoms with Gasteiger partial charge in [0.2, 0.25) is 11.8 Å². The number of aromatic amines is 1. The fourth-order valence-electron chi connectivity index (χ4n) is 9.94. The quantitative estimate of drug-likeness (QED) is 0.228. The van der Waals surface area contributed by atoms with E-state index in [4.69, 9.17) is 0 Å². The minimum atomic E-state index is -0.680. The van der Waals surface area contributed by atoms with Gasteiger partial charge in [-0.05, 0) is 105 Å². The number of aromatic nitrogens is 2. The number of carbonyl (C=O) groups excluding carboxylic acids is 4. The van der Waals surface area contributed by atoms with Gasteiger partial charge in [0.15, 0.2) is 0 Å². The molecule has 322 valence electrons. The third kappa shape index (κ3) is 9.24. The molecule has 8 rings (SSSR count). The highest BCUT2D eigenvalue weighted by Gasteiger charge is 2.42. The Bertz CT molecular complexity index is 2340. The van der Waals surface area contributed by atoms with Gasteiger partial charge < -0.3 is 20.0 Å². The van der Waals surface area contributed by atoms with Crippen LogP contribution < -0.4 is 10.9 Å². The third-order valence-electron chi connectivity index (χ3n) is 13.8. The number of nitrogens with one attached hydrogen (secondary N) is 2. The number of nitrogens with zero attached hydrogens (tertiary/aromatic N) is 5. The van der Waals surface area contributed by atoms with Crippen LogP contribution in [0.1, 0.15) is 95.3 Å². The molecule has 4 amide bonds. The van der Waals surface area contributed by atoms with Crippen molar-refractivity contribution in [2.75, 3.05) is 58.9 Å². The van der Waals surface area contributed by atoms with E-state index in [2.05, 4.69) is 20.4 Å². The van der Waals surface area contributed by atoms with Gasteiger partial charge in [0.1, 0.15) is 17.7 Å². The molecule has 1 aromatic heterocycles. The van der Waals surface area contributed by atoms with Gasteiger partial charge in [0.25, 0.3) is 17.4 Å². The van der Waals surface area contributed by atoms with E-state index < -0.39 is 29.5 Å². The number of fused-ring (bicyclic) bond motifs is 1. The number of rotatable bonds is 9. The zero-order valence-electron chi connectivity index (χ0n) is 34.9. The number of carbonyl (C=O) groups is 4. The predicted octanol–water partition coefficient (Wildman–Crippen LogP) is 5.47. The Labute approximate surface area is 354 Å². The molecule has 1 aliphatic carbocycles. The number of amides is 4. The Kier molecular flexibility index (Phi) is 12.6.